The minimum absolute atomic E-state index is 0.743. The third-order valence-electron chi connectivity index (χ3n) is 4.42. The molecular formula is C20H36N2O3Si4. The first-order valence-corrected chi connectivity index (χ1v) is 21.4. The second-order valence-corrected chi connectivity index (χ2v) is 25.0. The molecule has 0 aliphatic heterocycles. The van der Waals surface area contributed by atoms with Gasteiger partial charge in [-0.1, -0.05) is 24.3 Å². The van der Waals surface area contributed by atoms with Gasteiger partial charge >= 0.3 is 17.1 Å². The molecule has 0 radical (unpaired) electrons. The van der Waals surface area contributed by atoms with Crippen molar-refractivity contribution < 1.29 is 12.3 Å². The SMILES string of the molecule is C[Si](C)(C)O[Si](C)(C)O[Si](C)(C)O[Si](C)(c1ccc(N)cc1)c1ccc(N)cc1. The summed E-state index contributed by atoms with van der Waals surface area (Å²) < 4.78 is 20.0. The fraction of sp³-hybridized carbons (Fsp3) is 0.400. The van der Waals surface area contributed by atoms with Crippen LogP contribution in [0.5, 0.6) is 0 Å². The summed E-state index contributed by atoms with van der Waals surface area (Å²) in [5.74, 6) is 0. The topological polar surface area (TPSA) is 79.7 Å². The molecule has 160 valence electrons. The van der Waals surface area contributed by atoms with Crippen LogP contribution in [0, 0.1) is 0 Å². The first kappa shape index (κ1) is 24.1. The van der Waals surface area contributed by atoms with Gasteiger partial charge in [-0.3, -0.25) is 0 Å². The molecule has 0 heterocycles. The molecular weight excluding hydrogens is 429 g/mol. The number of benzene rings is 2. The molecule has 0 atom stereocenters. The average Bonchev–Trinajstić information content (AvgIpc) is 2.51. The van der Waals surface area contributed by atoms with Crippen LogP contribution in [0.15, 0.2) is 48.5 Å². The number of anilines is 2. The van der Waals surface area contributed by atoms with Crippen LogP contribution in [0.2, 0.25) is 52.4 Å². The summed E-state index contributed by atoms with van der Waals surface area (Å²) in [6, 6.07) is 16.0. The van der Waals surface area contributed by atoms with Crippen LogP contribution in [0.3, 0.4) is 0 Å². The predicted octanol–water partition coefficient (Wildman–Crippen LogP) is 3.83. The van der Waals surface area contributed by atoms with Gasteiger partial charge in [0.2, 0.25) is 8.32 Å². The normalized spacial score (nSPS) is 13.5. The van der Waals surface area contributed by atoms with Crippen molar-refractivity contribution in [2.24, 2.45) is 0 Å². The molecule has 2 aromatic carbocycles. The number of nitrogen functional groups attached to an aromatic ring is 2. The van der Waals surface area contributed by atoms with Crippen LogP contribution in [0.25, 0.3) is 0 Å². The van der Waals surface area contributed by atoms with E-state index in [0.29, 0.717) is 0 Å². The molecule has 0 saturated heterocycles. The smallest absolute Gasteiger partial charge is 0.313 e. The van der Waals surface area contributed by atoms with Crippen molar-refractivity contribution in [1.29, 1.82) is 0 Å². The van der Waals surface area contributed by atoms with Crippen molar-refractivity contribution in [2.75, 3.05) is 11.5 Å². The fourth-order valence-electron chi connectivity index (χ4n) is 3.75. The van der Waals surface area contributed by atoms with Gasteiger partial charge in [0.05, 0.1) is 0 Å². The van der Waals surface area contributed by atoms with E-state index in [1.165, 1.54) is 0 Å². The van der Waals surface area contributed by atoms with Crippen LogP contribution >= 0.6 is 0 Å². The van der Waals surface area contributed by atoms with Crippen molar-refractivity contribution in [3.8, 4) is 0 Å². The summed E-state index contributed by atoms with van der Waals surface area (Å²) in [6.45, 7) is 17.3. The van der Waals surface area contributed by atoms with Crippen molar-refractivity contribution >= 4 is 55.5 Å². The van der Waals surface area contributed by atoms with Crippen LogP contribution in [0.1, 0.15) is 0 Å². The van der Waals surface area contributed by atoms with Gasteiger partial charge in [-0.15, -0.1) is 0 Å². The van der Waals surface area contributed by atoms with E-state index in [1.54, 1.807) is 0 Å². The molecule has 4 N–H and O–H groups in total. The molecule has 0 bridgehead atoms. The lowest BCUT2D eigenvalue weighted by Crippen LogP contribution is -2.65. The fourth-order valence-corrected chi connectivity index (χ4v) is 22.3. The van der Waals surface area contributed by atoms with Gasteiger partial charge in [-0.25, -0.2) is 0 Å². The molecule has 0 amide bonds. The molecule has 0 saturated carbocycles. The number of rotatable bonds is 8. The van der Waals surface area contributed by atoms with Crippen molar-refractivity contribution in [2.45, 2.75) is 52.4 Å². The third kappa shape index (κ3) is 6.91. The quantitative estimate of drug-likeness (QED) is 0.458. The Morgan fingerprint density at radius 3 is 1.21 bits per heavy atom. The molecule has 0 aromatic heterocycles. The van der Waals surface area contributed by atoms with Gasteiger partial charge in [-0.2, -0.15) is 0 Å². The predicted molar refractivity (Wildman–Crippen MR) is 134 cm³/mol. The molecule has 2 rings (SSSR count). The van der Waals surface area contributed by atoms with Crippen molar-refractivity contribution in [3.63, 3.8) is 0 Å². The molecule has 2 aromatic rings. The third-order valence-corrected chi connectivity index (χ3v) is 19.2. The maximum Gasteiger partial charge on any atom is 0.313 e. The summed E-state index contributed by atoms with van der Waals surface area (Å²) in [5, 5.41) is 2.32. The zero-order valence-electron chi connectivity index (χ0n) is 19.0. The Kier molecular flexibility index (Phi) is 7.05. The summed E-state index contributed by atoms with van der Waals surface area (Å²) in [7, 11) is -9.06. The van der Waals surface area contributed by atoms with E-state index < -0.39 is 33.8 Å². The Hall–Kier alpha value is -1.21. The Labute approximate surface area is 180 Å². The van der Waals surface area contributed by atoms with E-state index in [9.17, 15) is 0 Å². The highest BCUT2D eigenvalue weighted by molar-refractivity contribution is 7.01. The van der Waals surface area contributed by atoms with Gasteiger partial charge in [0.1, 0.15) is 0 Å². The zero-order valence-corrected chi connectivity index (χ0v) is 23.0. The zero-order chi connectivity index (χ0) is 22.1. The van der Waals surface area contributed by atoms with Crippen LogP contribution < -0.4 is 21.8 Å². The highest BCUT2D eigenvalue weighted by Gasteiger charge is 2.45. The lowest BCUT2D eigenvalue weighted by molar-refractivity contribution is 0.333. The second kappa shape index (κ2) is 8.50. The molecule has 0 spiro atoms. The number of hydrogen-bond acceptors (Lipinski definition) is 5. The Morgan fingerprint density at radius 1 is 0.517 bits per heavy atom. The number of nitrogens with two attached hydrogens (primary N) is 2. The van der Waals surface area contributed by atoms with Gasteiger partial charge in [0.15, 0.2) is 8.32 Å². The Morgan fingerprint density at radius 2 is 0.862 bits per heavy atom. The Bertz CT molecular complexity index is 774. The first-order valence-electron chi connectivity index (χ1n) is 9.94. The van der Waals surface area contributed by atoms with E-state index >= 15 is 0 Å². The second-order valence-electron chi connectivity index (χ2n) is 9.50. The van der Waals surface area contributed by atoms with Crippen molar-refractivity contribution in [3.05, 3.63) is 48.5 Å². The summed E-state index contributed by atoms with van der Waals surface area (Å²) in [4.78, 5) is 0. The molecule has 0 unspecified atom stereocenters. The number of hydrogen-bond donors (Lipinski definition) is 2. The van der Waals surface area contributed by atoms with Crippen LogP contribution in [-0.2, 0) is 12.3 Å². The van der Waals surface area contributed by atoms with Crippen molar-refractivity contribution in [1.82, 2.24) is 0 Å². The van der Waals surface area contributed by atoms with E-state index in [1.807, 2.05) is 24.3 Å². The minimum Gasteiger partial charge on any atom is -0.437 e. The van der Waals surface area contributed by atoms with E-state index in [4.69, 9.17) is 23.8 Å². The van der Waals surface area contributed by atoms with Gasteiger partial charge in [0, 0.05) is 11.4 Å². The molecule has 5 nitrogen and oxygen atoms in total. The largest absolute Gasteiger partial charge is 0.437 e. The average molecular weight is 465 g/mol. The molecule has 9 heteroatoms. The van der Waals surface area contributed by atoms with E-state index in [-0.39, 0.29) is 0 Å². The van der Waals surface area contributed by atoms with Crippen LogP contribution in [-0.4, -0.2) is 33.8 Å². The summed E-state index contributed by atoms with van der Waals surface area (Å²) >= 11 is 0. The molecule has 0 fully saturated rings. The monoisotopic (exact) mass is 464 g/mol. The standard InChI is InChI=1S/C20H36N2O3Si4/c1-26(2,3)23-27(4,5)24-28(6,7)25-29(8,19-13-9-17(21)10-14-19)20-15-11-18(22)12-16-20/h9-16H,21-22H2,1-8H3. The molecule has 0 aliphatic rings. The van der Waals surface area contributed by atoms with E-state index in [0.717, 1.165) is 21.7 Å². The highest BCUT2D eigenvalue weighted by atomic mass is 28.5. The minimum atomic E-state index is -2.54. The highest BCUT2D eigenvalue weighted by Crippen LogP contribution is 2.24. The summed E-state index contributed by atoms with van der Waals surface area (Å²) in [5.41, 5.74) is 13.4. The van der Waals surface area contributed by atoms with Gasteiger partial charge in [0.25, 0.3) is 0 Å². The lowest BCUT2D eigenvalue weighted by atomic mass is 10.3. The first-order chi connectivity index (χ1) is 13.1. The van der Waals surface area contributed by atoms with Crippen LogP contribution in [0.4, 0.5) is 11.4 Å². The molecule has 0 aliphatic carbocycles. The summed E-state index contributed by atoms with van der Waals surface area (Å²) in [6.07, 6.45) is 0. The molecule has 29 heavy (non-hydrogen) atoms. The lowest BCUT2D eigenvalue weighted by Gasteiger charge is -2.41. The Balaban J connectivity index is 2.41. The van der Waals surface area contributed by atoms with Gasteiger partial charge < -0.3 is 23.8 Å². The maximum atomic E-state index is 6.97. The van der Waals surface area contributed by atoms with E-state index in [2.05, 4.69) is 76.6 Å². The van der Waals surface area contributed by atoms with Gasteiger partial charge in [-0.05, 0) is 87.0 Å². The maximum absolute atomic E-state index is 6.97.